The zero-order valence-electron chi connectivity index (χ0n) is 12.4. The van der Waals surface area contributed by atoms with Crippen LogP contribution in [0, 0.1) is 6.92 Å². The number of carbonyl (C=O) groups is 1. The second-order valence-corrected chi connectivity index (χ2v) is 6.97. The molecule has 112 valence electrons. The minimum absolute atomic E-state index is 0.0789. The van der Waals surface area contributed by atoms with Gasteiger partial charge in [0.15, 0.2) is 0 Å². The van der Waals surface area contributed by atoms with Crippen LogP contribution in [-0.4, -0.2) is 29.9 Å². The molecule has 6 heteroatoms. The number of thiazole rings is 1. The molecule has 0 spiro atoms. The largest absolute Gasteiger partial charge is 0.399 e. The highest BCUT2D eigenvalue weighted by molar-refractivity contribution is 7.98. The smallest absolute Gasteiger partial charge is 0.228 e. The lowest BCUT2D eigenvalue weighted by Crippen LogP contribution is -2.23. The van der Waals surface area contributed by atoms with Gasteiger partial charge in [0.05, 0.1) is 12.1 Å². The van der Waals surface area contributed by atoms with Gasteiger partial charge in [0.1, 0.15) is 5.01 Å². The van der Waals surface area contributed by atoms with E-state index >= 15 is 0 Å². The Morgan fingerprint density at radius 2 is 2.19 bits per heavy atom. The van der Waals surface area contributed by atoms with Gasteiger partial charge < -0.3 is 10.6 Å². The van der Waals surface area contributed by atoms with Crippen LogP contribution in [0.25, 0.3) is 0 Å². The lowest BCUT2D eigenvalue weighted by Gasteiger charge is -2.07. The van der Waals surface area contributed by atoms with Gasteiger partial charge in [-0.25, -0.2) is 4.98 Å². The molecule has 0 bridgehead atoms. The van der Waals surface area contributed by atoms with Crippen LogP contribution in [0.15, 0.2) is 28.5 Å². The summed E-state index contributed by atoms with van der Waals surface area (Å²) >= 11 is 3.26. The summed E-state index contributed by atoms with van der Waals surface area (Å²) in [5.41, 5.74) is 8.81. The van der Waals surface area contributed by atoms with Gasteiger partial charge in [-0.15, -0.1) is 23.1 Å². The van der Waals surface area contributed by atoms with E-state index in [0.29, 0.717) is 6.42 Å². The fraction of sp³-hybridized carbons (Fsp3) is 0.333. The highest BCUT2D eigenvalue weighted by atomic mass is 32.2. The molecule has 2 aromatic rings. The number of aryl methyl sites for hydroxylation is 1. The Morgan fingerprint density at radius 1 is 1.43 bits per heavy atom. The number of likely N-dealkylation sites (N-methyl/N-ethyl adjacent to an activating group) is 1. The van der Waals surface area contributed by atoms with E-state index in [2.05, 4.69) is 11.9 Å². The Balaban J connectivity index is 1.97. The zero-order valence-corrected chi connectivity index (χ0v) is 14.1. The van der Waals surface area contributed by atoms with Crippen molar-refractivity contribution in [2.24, 2.45) is 0 Å². The summed E-state index contributed by atoms with van der Waals surface area (Å²) in [6.45, 7) is 2.07. The number of carbonyl (C=O) groups excluding carboxylic acids is 1. The number of amides is 1. The molecule has 1 aromatic heterocycles. The number of hydrogen-bond donors (Lipinski definition) is 1. The highest BCUT2D eigenvalue weighted by Gasteiger charge is 2.10. The zero-order chi connectivity index (χ0) is 15.4. The number of hydrogen-bond acceptors (Lipinski definition) is 5. The van der Waals surface area contributed by atoms with E-state index in [1.165, 1.54) is 10.5 Å². The van der Waals surface area contributed by atoms with Gasteiger partial charge in [-0.1, -0.05) is 6.07 Å². The summed E-state index contributed by atoms with van der Waals surface area (Å²) in [7, 11) is 3.52. The second-order valence-electron chi connectivity index (χ2n) is 5.01. The first-order valence-electron chi connectivity index (χ1n) is 6.58. The second kappa shape index (κ2) is 6.95. The van der Waals surface area contributed by atoms with Crippen molar-refractivity contribution < 1.29 is 4.79 Å². The first kappa shape index (κ1) is 15.9. The lowest BCUT2D eigenvalue weighted by atomic mass is 10.2. The first-order valence-corrected chi connectivity index (χ1v) is 8.44. The van der Waals surface area contributed by atoms with Crippen molar-refractivity contribution in [3.05, 3.63) is 39.8 Å². The number of anilines is 1. The number of aromatic nitrogens is 1. The number of thioether (sulfide) groups is 1. The molecule has 2 N–H and O–H groups in total. The van der Waals surface area contributed by atoms with Crippen molar-refractivity contribution in [3.63, 3.8) is 0 Å². The highest BCUT2D eigenvalue weighted by Crippen LogP contribution is 2.28. The number of benzene rings is 1. The van der Waals surface area contributed by atoms with Crippen LogP contribution in [-0.2, 0) is 17.0 Å². The number of nitrogen functional groups attached to an aromatic ring is 1. The molecule has 0 aliphatic carbocycles. The van der Waals surface area contributed by atoms with Crippen molar-refractivity contribution >= 4 is 34.7 Å². The van der Waals surface area contributed by atoms with Gasteiger partial charge >= 0.3 is 0 Å². The molecule has 0 saturated carbocycles. The molecule has 0 fully saturated rings. The summed E-state index contributed by atoms with van der Waals surface area (Å²) in [6.07, 6.45) is 0.375. The molecule has 21 heavy (non-hydrogen) atoms. The average Bonchev–Trinajstić information content (AvgIpc) is 2.87. The van der Waals surface area contributed by atoms with Crippen molar-refractivity contribution in [1.82, 2.24) is 9.88 Å². The van der Waals surface area contributed by atoms with E-state index in [4.69, 9.17) is 5.73 Å². The average molecular weight is 321 g/mol. The minimum atomic E-state index is 0.0789. The normalized spacial score (nSPS) is 10.6. The van der Waals surface area contributed by atoms with Crippen molar-refractivity contribution in [1.29, 1.82) is 0 Å². The summed E-state index contributed by atoms with van der Waals surface area (Å²) in [6, 6.07) is 5.93. The predicted molar refractivity (Wildman–Crippen MR) is 89.7 cm³/mol. The van der Waals surface area contributed by atoms with E-state index in [9.17, 15) is 4.79 Å². The van der Waals surface area contributed by atoms with Gasteiger partial charge in [0.25, 0.3) is 0 Å². The molecule has 0 saturated heterocycles. The van der Waals surface area contributed by atoms with Gasteiger partial charge in [-0.05, 0) is 24.6 Å². The molecule has 0 radical (unpaired) electrons. The molecule has 0 aliphatic heterocycles. The van der Waals surface area contributed by atoms with Gasteiger partial charge in [-0.2, -0.15) is 0 Å². The SMILES string of the molecule is Cc1ccc(N)cc1SCc1csc(CC(=O)N(C)C)n1. The summed E-state index contributed by atoms with van der Waals surface area (Å²) in [5.74, 6) is 0.868. The van der Waals surface area contributed by atoms with Crippen LogP contribution in [0.2, 0.25) is 0 Å². The van der Waals surface area contributed by atoms with E-state index in [1.54, 1.807) is 42.1 Å². The molecule has 1 amide bonds. The molecule has 1 aromatic carbocycles. The molecule has 0 aliphatic rings. The third kappa shape index (κ3) is 4.47. The summed E-state index contributed by atoms with van der Waals surface area (Å²) in [5, 5.41) is 2.89. The molecule has 0 unspecified atom stereocenters. The molecule has 0 atom stereocenters. The number of rotatable bonds is 5. The maximum absolute atomic E-state index is 11.7. The van der Waals surface area contributed by atoms with E-state index < -0.39 is 0 Å². The maximum Gasteiger partial charge on any atom is 0.228 e. The predicted octanol–water partition coefficient (Wildman–Crippen LogP) is 2.96. The topological polar surface area (TPSA) is 59.2 Å². The molecular weight excluding hydrogens is 302 g/mol. The Labute approximate surface area is 133 Å². The van der Waals surface area contributed by atoms with Crippen molar-refractivity contribution in [2.75, 3.05) is 19.8 Å². The number of nitrogens with two attached hydrogens (primary N) is 1. The van der Waals surface area contributed by atoms with Gasteiger partial charge in [-0.3, -0.25) is 4.79 Å². The van der Waals surface area contributed by atoms with Crippen LogP contribution in [0.5, 0.6) is 0 Å². The lowest BCUT2D eigenvalue weighted by molar-refractivity contribution is -0.127. The first-order chi connectivity index (χ1) is 9.95. The van der Waals surface area contributed by atoms with Crippen LogP contribution in [0.1, 0.15) is 16.3 Å². The van der Waals surface area contributed by atoms with E-state index in [-0.39, 0.29) is 5.91 Å². The summed E-state index contributed by atoms with van der Waals surface area (Å²) < 4.78 is 0. The van der Waals surface area contributed by atoms with Gasteiger partial charge in [0, 0.05) is 35.8 Å². The molecular formula is C15H19N3OS2. The van der Waals surface area contributed by atoms with Gasteiger partial charge in [0.2, 0.25) is 5.91 Å². The van der Waals surface area contributed by atoms with E-state index in [0.717, 1.165) is 22.1 Å². The maximum atomic E-state index is 11.7. The van der Waals surface area contributed by atoms with Crippen molar-refractivity contribution in [2.45, 2.75) is 24.0 Å². The number of nitrogens with zero attached hydrogens (tertiary/aromatic N) is 2. The fourth-order valence-corrected chi connectivity index (χ4v) is 3.56. The van der Waals surface area contributed by atoms with Crippen LogP contribution in [0.3, 0.4) is 0 Å². The summed E-state index contributed by atoms with van der Waals surface area (Å²) in [4.78, 5) is 18.9. The monoisotopic (exact) mass is 321 g/mol. The van der Waals surface area contributed by atoms with Crippen molar-refractivity contribution in [3.8, 4) is 0 Å². The van der Waals surface area contributed by atoms with Crippen LogP contribution < -0.4 is 5.73 Å². The Bertz CT molecular complexity index is 638. The Morgan fingerprint density at radius 3 is 2.90 bits per heavy atom. The Kier molecular flexibility index (Phi) is 5.25. The molecule has 2 rings (SSSR count). The quantitative estimate of drug-likeness (QED) is 0.679. The third-order valence-corrected chi connectivity index (χ3v) is 5.08. The standard InChI is InChI=1S/C15H19N3OS2/c1-10-4-5-11(16)6-13(10)20-8-12-9-21-14(17-12)7-15(19)18(2)3/h4-6,9H,7-8,16H2,1-3H3. The third-order valence-electron chi connectivity index (χ3n) is 2.99. The van der Waals surface area contributed by atoms with Crippen LogP contribution in [0.4, 0.5) is 5.69 Å². The van der Waals surface area contributed by atoms with E-state index in [1.807, 2.05) is 23.6 Å². The minimum Gasteiger partial charge on any atom is -0.399 e. The Hall–Kier alpha value is -1.53. The van der Waals surface area contributed by atoms with Crippen LogP contribution >= 0.6 is 23.1 Å². The fourth-order valence-electron chi connectivity index (χ4n) is 1.71. The molecule has 4 nitrogen and oxygen atoms in total. The molecule has 1 heterocycles.